The Kier molecular flexibility index (Phi) is 4.59. The number of rotatable bonds is 3. The maximum Gasteiger partial charge on any atom is 0.274 e. The maximum atomic E-state index is 12.3. The molecule has 0 bridgehead atoms. The Balaban J connectivity index is 2.64. The average molecular weight is 327 g/mol. The molecule has 0 radical (unpaired) electrons. The van der Waals surface area contributed by atoms with E-state index in [1.54, 1.807) is 25.3 Å². The van der Waals surface area contributed by atoms with Crippen molar-refractivity contribution >= 4 is 23.2 Å². The third kappa shape index (κ3) is 3.22. The lowest BCUT2D eigenvalue weighted by Gasteiger charge is -2.15. The lowest BCUT2D eigenvalue weighted by atomic mass is 10.2. The Labute approximate surface area is 133 Å². The number of benzene rings is 1. The summed E-state index contributed by atoms with van der Waals surface area (Å²) < 4.78 is 6.88. The van der Waals surface area contributed by atoms with Crippen molar-refractivity contribution in [2.75, 3.05) is 0 Å². The summed E-state index contributed by atoms with van der Waals surface area (Å²) in [4.78, 5) is 12.3. The first kappa shape index (κ1) is 15.9. The van der Waals surface area contributed by atoms with Crippen LogP contribution in [0.15, 0.2) is 23.1 Å². The second-order valence-corrected chi connectivity index (χ2v) is 5.88. The predicted molar refractivity (Wildman–Crippen MR) is 85.1 cm³/mol. The van der Waals surface area contributed by atoms with Gasteiger partial charge in [0.1, 0.15) is 5.75 Å². The summed E-state index contributed by atoms with van der Waals surface area (Å²) in [6.07, 6.45) is 1.59. The molecule has 112 valence electrons. The predicted octanol–water partition coefficient (Wildman–Crippen LogP) is 3.94. The summed E-state index contributed by atoms with van der Waals surface area (Å²) >= 11 is 12.3. The lowest BCUT2D eigenvalue weighted by molar-refractivity contribution is 0.242. The fraction of sp³-hybridized carbons (Fsp3) is 0.333. The van der Waals surface area contributed by atoms with Gasteiger partial charge in [0.15, 0.2) is 0 Å². The molecule has 4 nitrogen and oxygen atoms in total. The number of ether oxygens (including phenoxy) is 1. The van der Waals surface area contributed by atoms with Gasteiger partial charge in [-0.3, -0.25) is 4.79 Å². The highest BCUT2D eigenvalue weighted by atomic mass is 35.5. The lowest BCUT2D eigenvalue weighted by Crippen LogP contribution is -2.24. The van der Waals surface area contributed by atoms with Gasteiger partial charge in [0.25, 0.3) is 5.56 Å². The summed E-state index contributed by atoms with van der Waals surface area (Å²) in [6, 6.07) is 3.19. The van der Waals surface area contributed by atoms with Crippen LogP contribution in [-0.4, -0.2) is 15.9 Å². The van der Waals surface area contributed by atoms with Crippen molar-refractivity contribution in [2.24, 2.45) is 0 Å². The molecule has 0 fully saturated rings. The van der Waals surface area contributed by atoms with Gasteiger partial charge in [-0.25, -0.2) is 0 Å². The van der Waals surface area contributed by atoms with E-state index < -0.39 is 0 Å². The van der Waals surface area contributed by atoms with Crippen molar-refractivity contribution in [3.63, 3.8) is 0 Å². The number of hydrogen-bond donors (Lipinski definition) is 0. The molecule has 1 heterocycles. The van der Waals surface area contributed by atoms with Crippen molar-refractivity contribution in [3.8, 4) is 11.4 Å². The Morgan fingerprint density at radius 1 is 1.19 bits per heavy atom. The summed E-state index contributed by atoms with van der Waals surface area (Å²) in [5, 5.41) is 4.88. The minimum atomic E-state index is -0.213. The first-order valence-corrected chi connectivity index (χ1v) is 7.28. The smallest absolute Gasteiger partial charge is 0.274 e. The van der Waals surface area contributed by atoms with Crippen molar-refractivity contribution in [1.29, 1.82) is 0 Å². The van der Waals surface area contributed by atoms with Crippen molar-refractivity contribution in [2.45, 2.75) is 33.8 Å². The standard InChI is InChI=1S/C15H16Cl2N2O2/c1-8(2)21-14-6-13(11(16)5-12(14)17)19-15(20)10(4)9(3)7-18-19/h5-8H,1-4H3. The zero-order valence-corrected chi connectivity index (χ0v) is 13.8. The zero-order valence-electron chi connectivity index (χ0n) is 12.3. The molecule has 0 unspecified atom stereocenters. The van der Waals surface area contributed by atoms with E-state index in [1.807, 2.05) is 20.8 Å². The average Bonchev–Trinajstić information content (AvgIpc) is 2.40. The van der Waals surface area contributed by atoms with Gasteiger partial charge in [0.2, 0.25) is 0 Å². The summed E-state index contributed by atoms with van der Waals surface area (Å²) in [6.45, 7) is 7.38. The van der Waals surface area contributed by atoms with Crippen molar-refractivity contribution in [3.05, 3.63) is 49.9 Å². The third-order valence-corrected chi connectivity index (χ3v) is 3.66. The Hall–Kier alpha value is -1.52. The minimum Gasteiger partial charge on any atom is -0.489 e. The number of nitrogens with zero attached hydrogens (tertiary/aromatic N) is 2. The van der Waals surface area contributed by atoms with Crippen LogP contribution in [0.25, 0.3) is 5.69 Å². The van der Waals surface area contributed by atoms with Crippen LogP contribution in [0.4, 0.5) is 0 Å². The van der Waals surface area contributed by atoms with Gasteiger partial charge in [-0.05, 0) is 39.3 Å². The third-order valence-electron chi connectivity index (χ3n) is 3.06. The SMILES string of the molecule is Cc1cnn(-c2cc(OC(C)C)c(Cl)cc2Cl)c(=O)c1C. The molecule has 0 aliphatic carbocycles. The Morgan fingerprint density at radius 3 is 2.48 bits per heavy atom. The molecule has 21 heavy (non-hydrogen) atoms. The quantitative estimate of drug-likeness (QED) is 0.857. The number of halogens is 2. The molecule has 0 amide bonds. The first-order chi connectivity index (χ1) is 9.81. The van der Waals surface area contributed by atoms with Gasteiger partial charge < -0.3 is 4.74 Å². The molecular weight excluding hydrogens is 311 g/mol. The summed E-state index contributed by atoms with van der Waals surface area (Å²) in [5.74, 6) is 0.470. The van der Waals surface area contributed by atoms with Crippen LogP contribution in [-0.2, 0) is 0 Å². The van der Waals surface area contributed by atoms with Gasteiger partial charge >= 0.3 is 0 Å². The van der Waals surface area contributed by atoms with Crippen LogP contribution in [0.2, 0.25) is 10.0 Å². The molecule has 2 rings (SSSR count). The van der Waals surface area contributed by atoms with E-state index in [4.69, 9.17) is 27.9 Å². The number of aromatic nitrogens is 2. The number of aryl methyl sites for hydroxylation is 1. The second kappa shape index (κ2) is 6.08. The fourth-order valence-electron chi connectivity index (χ4n) is 1.82. The molecule has 0 atom stereocenters. The van der Waals surface area contributed by atoms with Crippen LogP contribution < -0.4 is 10.3 Å². The normalized spacial score (nSPS) is 11.0. The van der Waals surface area contributed by atoms with E-state index in [-0.39, 0.29) is 11.7 Å². The van der Waals surface area contributed by atoms with Crippen molar-refractivity contribution in [1.82, 2.24) is 9.78 Å². The van der Waals surface area contributed by atoms with Crippen LogP contribution in [0.1, 0.15) is 25.0 Å². The maximum absolute atomic E-state index is 12.3. The van der Waals surface area contributed by atoms with E-state index in [9.17, 15) is 4.79 Å². The monoisotopic (exact) mass is 326 g/mol. The van der Waals surface area contributed by atoms with Gasteiger partial charge in [-0.15, -0.1) is 0 Å². The molecule has 0 N–H and O–H groups in total. The van der Waals surface area contributed by atoms with Crippen LogP contribution >= 0.6 is 23.2 Å². The van der Waals surface area contributed by atoms with E-state index in [1.165, 1.54) is 4.68 Å². The van der Waals surface area contributed by atoms with E-state index in [2.05, 4.69) is 5.10 Å². The van der Waals surface area contributed by atoms with Crippen LogP contribution in [0.5, 0.6) is 5.75 Å². The molecule has 1 aromatic carbocycles. The number of hydrogen-bond acceptors (Lipinski definition) is 3. The highest BCUT2D eigenvalue weighted by Crippen LogP contribution is 2.33. The molecular formula is C15H16Cl2N2O2. The molecule has 6 heteroatoms. The van der Waals surface area contributed by atoms with Crippen molar-refractivity contribution < 1.29 is 4.74 Å². The van der Waals surface area contributed by atoms with E-state index in [0.29, 0.717) is 27.0 Å². The molecule has 1 aromatic heterocycles. The minimum absolute atomic E-state index is 0.0408. The fourth-order valence-corrected chi connectivity index (χ4v) is 2.33. The highest BCUT2D eigenvalue weighted by Gasteiger charge is 2.14. The Bertz CT molecular complexity index is 739. The highest BCUT2D eigenvalue weighted by molar-refractivity contribution is 6.36. The second-order valence-electron chi connectivity index (χ2n) is 5.07. The van der Waals surface area contributed by atoms with Gasteiger partial charge in [-0.2, -0.15) is 9.78 Å². The molecule has 0 aliphatic rings. The van der Waals surface area contributed by atoms with Gasteiger partial charge in [0.05, 0.1) is 28.0 Å². The Morgan fingerprint density at radius 2 is 1.86 bits per heavy atom. The van der Waals surface area contributed by atoms with Gasteiger partial charge in [0, 0.05) is 11.6 Å². The summed E-state index contributed by atoms with van der Waals surface area (Å²) in [7, 11) is 0. The largest absolute Gasteiger partial charge is 0.489 e. The first-order valence-electron chi connectivity index (χ1n) is 6.53. The topological polar surface area (TPSA) is 44.1 Å². The van der Waals surface area contributed by atoms with E-state index >= 15 is 0 Å². The molecule has 2 aromatic rings. The van der Waals surface area contributed by atoms with E-state index in [0.717, 1.165) is 5.56 Å². The molecule has 0 spiro atoms. The molecule has 0 aliphatic heterocycles. The molecule has 0 saturated carbocycles. The van der Waals surface area contributed by atoms with Crippen LogP contribution in [0.3, 0.4) is 0 Å². The summed E-state index contributed by atoms with van der Waals surface area (Å²) in [5.41, 5.74) is 1.70. The van der Waals surface area contributed by atoms with Crippen LogP contribution in [0, 0.1) is 13.8 Å². The zero-order chi connectivity index (χ0) is 15.7. The van der Waals surface area contributed by atoms with Gasteiger partial charge in [-0.1, -0.05) is 23.2 Å². The molecule has 0 saturated heterocycles.